The summed E-state index contributed by atoms with van der Waals surface area (Å²) in [5.41, 5.74) is 30.8. The molecule has 0 aliphatic rings. The first kappa shape index (κ1) is 18.9. The molecule has 0 unspecified atom stereocenters. The van der Waals surface area contributed by atoms with Crippen LogP contribution >= 0.6 is 0 Å². The minimum atomic E-state index is -2.61. The Morgan fingerprint density at radius 1 is 0.545 bits per heavy atom. The third-order valence-corrected chi connectivity index (χ3v) is 1.37. The lowest BCUT2D eigenvalue weighted by atomic mass is 10.9. The van der Waals surface area contributed by atoms with E-state index in [-0.39, 0.29) is 35.7 Å². The molecule has 0 radical (unpaired) electrons. The largest absolute Gasteiger partial charge is 0.368 e. The van der Waals surface area contributed by atoms with Gasteiger partial charge in [-0.25, -0.2) is 0 Å². The van der Waals surface area contributed by atoms with Gasteiger partial charge in [0.05, 0.1) is 0 Å². The van der Waals surface area contributed by atoms with Crippen molar-refractivity contribution < 1.29 is 13.3 Å². The second kappa shape index (κ2) is 8.94. The van der Waals surface area contributed by atoms with Gasteiger partial charge in [0.2, 0.25) is 35.7 Å². The first-order valence-electron chi connectivity index (χ1n) is 4.95. The Hall–Kier alpha value is -3.11. The summed E-state index contributed by atoms with van der Waals surface area (Å²) >= 11 is -2.61. The van der Waals surface area contributed by atoms with Crippen LogP contribution < -0.4 is 34.4 Å². The van der Waals surface area contributed by atoms with E-state index in [4.69, 9.17) is 47.7 Å². The third kappa shape index (κ3) is 9.77. The molecular formula is C6H14N12O3S. The molecule has 0 bridgehead atoms. The normalized spacial score (nSPS) is 9.23. The van der Waals surface area contributed by atoms with Crippen LogP contribution in [0, 0.1) is 0 Å². The molecule has 0 atom stereocenters. The summed E-state index contributed by atoms with van der Waals surface area (Å²) in [6, 6.07) is 0. The van der Waals surface area contributed by atoms with Crippen molar-refractivity contribution in [2.24, 2.45) is 0 Å². The maximum absolute atomic E-state index is 8.67. The summed E-state index contributed by atoms with van der Waals surface area (Å²) in [5.74, 6) is 0.250. The van der Waals surface area contributed by atoms with Gasteiger partial charge in [0.15, 0.2) is 0 Å². The predicted molar refractivity (Wildman–Crippen MR) is 79.5 cm³/mol. The zero-order valence-corrected chi connectivity index (χ0v) is 11.7. The van der Waals surface area contributed by atoms with Gasteiger partial charge in [0, 0.05) is 0 Å². The van der Waals surface area contributed by atoms with Crippen LogP contribution in [0.1, 0.15) is 0 Å². The summed E-state index contributed by atoms with van der Waals surface area (Å²) in [4.78, 5) is 20.9. The number of rotatable bonds is 0. The van der Waals surface area contributed by atoms with Crippen LogP contribution in [0.25, 0.3) is 0 Å². The molecule has 2 aromatic heterocycles. The van der Waals surface area contributed by atoms with Crippen LogP contribution in [0.3, 0.4) is 0 Å². The maximum atomic E-state index is 8.67. The summed E-state index contributed by atoms with van der Waals surface area (Å²) in [7, 11) is 0. The summed E-state index contributed by atoms with van der Waals surface area (Å²) in [6.45, 7) is 0. The summed E-state index contributed by atoms with van der Waals surface area (Å²) < 4.78 is 22.8. The van der Waals surface area contributed by atoms with Crippen LogP contribution in [0.5, 0.6) is 0 Å². The lowest BCUT2D eigenvalue weighted by Gasteiger charge is -1.93. The van der Waals surface area contributed by atoms with Crippen LogP contribution in [0.15, 0.2) is 0 Å². The average Bonchev–Trinajstić information content (AvgIpc) is 2.23. The van der Waals surface area contributed by atoms with Crippen molar-refractivity contribution in [2.45, 2.75) is 0 Å². The first-order valence-corrected chi connectivity index (χ1v) is 6.01. The highest BCUT2D eigenvalue weighted by molar-refractivity contribution is 7.73. The molecule has 122 valence electrons. The van der Waals surface area contributed by atoms with Crippen molar-refractivity contribution in [1.82, 2.24) is 29.9 Å². The van der Waals surface area contributed by atoms with E-state index in [2.05, 4.69) is 29.9 Å². The fraction of sp³-hybridized carbons (Fsp3) is 0. The number of hydrogen-bond donors (Lipinski definition) is 8. The van der Waals surface area contributed by atoms with E-state index in [1.54, 1.807) is 0 Å². The van der Waals surface area contributed by atoms with E-state index in [9.17, 15) is 0 Å². The molecular weight excluding hydrogens is 320 g/mol. The molecule has 0 aromatic carbocycles. The van der Waals surface area contributed by atoms with Gasteiger partial charge in [-0.15, -0.1) is 0 Å². The number of aromatic nitrogens is 6. The highest BCUT2D eigenvalue weighted by atomic mass is 32.2. The van der Waals surface area contributed by atoms with Crippen molar-refractivity contribution in [2.75, 3.05) is 34.4 Å². The quantitative estimate of drug-likeness (QED) is 0.221. The van der Waals surface area contributed by atoms with Crippen molar-refractivity contribution >= 4 is 47.1 Å². The van der Waals surface area contributed by atoms with Gasteiger partial charge in [-0.2, -0.15) is 34.1 Å². The molecule has 0 spiro atoms. The number of nitrogens with two attached hydrogens (primary N) is 6. The van der Waals surface area contributed by atoms with Gasteiger partial charge >= 0.3 is 0 Å². The standard InChI is InChI=1S/2C3H6N6.H2O3S/c2*4-1-7-2(5)9-3(6)8-1;1-4(2)3/h2*(H6,4,5,6,7,8,9);(H2,1,2,3). The molecule has 2 heterocycles. The zero-order valence-electron chi connectivity index (χ0n) is 10.9. The molecule has 2 aromatic rings. The average molecular weight is 334 g/mol. The molecule has 0 amide bonds. The second-order valence-corrected chi connectivity index (χ2v) is 3.51. The monoisotopic (exact) mass is 334 g/mol. The fourth-order valence-corrected chi connectivity index (χ4v) is 0.854. The summed E-state index contributed by atoms with van der Waals surface area (Å²) in [5, 5.41) is 0. The zero-order chi connectivity index (χ0) is 17.3. The summed E-state index contributed by atoms with van der Waals surface area (Å²) in [6.07, 6.45) is 0. The van der Waals surface area contributed by atoms with E-state index in [1.807, 2.05) is 0 Å². The van der Waals surface area contributed by atoms with Crippen LogP contribution in [-0.4, -0.2) is 43.2 Å². The number of hydrogen-bond acceptors (Lipinski definition) is 13. The van der Waals surface area contributed by atoms with Crippen molar-refractivity contribution in [3.05, 3.63) is 0 Å². The minimum absolute atomic E-state index is 0.0417. The van der Waals surface area contributed by atoms with E-state index >= 15 is 0 Å². The topological polar surface area (TPSA) is 291 Å². The molecule has 2 rings (SSSR count). The first-order chi connectivity index (χ1) is 10.1. The Morgan fingerprint density at radius 2 is 0.636 bits per heavy atom. The SMILES string of the molecule is Nc1nc(N)nc(N)n1.Nc1nc(N)nc(N)n1.O=S(O)O. The Bertz CT molecular complexity index is 484. The lowest BCUT2D eigenvalue weighted by Crippen LogP contribution is -2.05. The van der Waals surface area contributed by atoms with E-state index < -0.39 is 11.4 Å². The molecule has 0 saturated carbocycles. The fourth-order valence-electron chi connectivity index (χ4n) is 0.854. The molecule has 16 heteroatoms. The number of nitrogens with zero attached hydrogens (tertiary/aromatic N) is 6. The molecule has 0 fully saturated rings. The number of anilines is 6. The minimum Gasteiger partial charge on any atom is -0.368 e. The van der Waals surface area contributed by atoms with Crippen LogP contribution in [0.2, 0.25) is 0 Å². The molecule has 0 saturated heterocycles. The number of nitrogen functional groups attached to an aromatic ring is 6. The van der Waals surface area contributed by atoms with Gasteiger partial charge in [-0.05, 0) is 0 Å². The van der Waals surface area contributed by atoms with E-state index in [0.29, 0.717) is 0 Å². The van der Waals surface area contributed by atoms with Crippen LogP contribution in [-0.2, 0) is 11.4 Å². The van der Waals surface area contributed by atoms with Crippen molar-refractivity contribution in [3.63, 3.8) is 0 Å². The maximum Gasteiger partial charge on any atom is 0.299 e. The molecule has 22 heavy (non-hydrogen) atoms. The van der Waals surface area contributed by atoms with Crippen molar-refractivity contribution in [3.8, 4) is 0 Å². The lowest BCUT2D eigenvalue weighted by molar-refractivity contribution is 0.454. The Morgan fingerprint density at radius 3 is 0.727 bits per heavy atom. The van der Waals surface area contributed by atoms with Gasteiger partial charge in [-0.1, -0.05) is 0 Å². The van der Waals surface area contributed by atoms with E-state index in [1.165, 1.54) is 0 Å². The predicted octanol–water partition coefficient (Wildman–Crippen LogP) is -3.08. The van der Waals surface area contributed by atoms with Crippen LogP contribution in [0.4, 0.5) is 35.7 Å². The molecule has 14 N–H and O–H groups in total. The second-order valence-electron chi connectivity index (χ2n) is 3.05. The Kier molecular flexibility index (Phi) is 7.68. The molecule has 0 aliphatic carbocycles. The van der Waals surface area contributed by atoms with Gasteiger partial charge in [0.1, 0.15) is 0 Å². The molecule has 15 nitrogen and oxygen atoms in total. The van der Waals surface area contributed by atoms with Crippen molar-refractivity contribution in [1.29, 1.82) is 0 Å². The smallest absolute Gasteiger partial charge is 0.299 e. The van der Waals surface area contributed by atoms with Gasteiger partial charge < -0.3 is 34.4 Å². The van der Waals surface area contributed by atoms with E-state index in [0.717, 1.165) is 0 Å². The third-order valence-electron chi connectivity index (χ3n) is 1.37. The van der Waals surface area contributed by atoms with Gasteiger partial charge in [-0.3, -0.25) is 9.11 Å². The van der Waals surface area contributed by atoms with Gasteiger partial charge in [0.25, 0.3) is 11.4 Å². The highest BCUT2D eigenvalue weighted by Gasteiger charge is 1.94. The highest BCUT2D eigenvalue weighted by Crippen LogP contribution is 1.98. The molecule has 0 aliphatic heterocycles. The Labute approximate surface area is 125 Å². The Balaban J connectivity index is 0.000000326.